The highest BCUT2D eigenvalue weighted by atomic mass is 79.9. The van der Waals surface area contributed by atoms with Gasteiger partial charge in [0.05, 0.1) is 10.9 Å². The van der Waals surface area contributed by atoms with Crippen molar-refractivity contribution in [1.82, 2.24) is 0 Å². The van der Waals surface area contributed by atoms with Gasteiger partial charge in [0.1, 0.15) is 0 Å². The Morgan fingerprint density at radius 3 is 2.83 bits per heavy atom. The summed E-state index contributed by atoms with van der Waals surface area (Å²) in [6.07, 6.45) is 2.78. The zero-order valence-electron chi connectivity index (χ0n) is 7.55. The van der Waals surface area contributed by atoms with Crippen LogP contribution in [-0.2, 0) is 0 Å². The molecule has 0 amide bonds. The van der Waals surface area contributed by atoms with Crippen LogP contribution in [0.1, 0.15) is 20.3 Å². The fraction of sp³-hybridized carbons (Fsp3) is 0.600. The van der Waals surface area contributed by atoms with Crippen LogP contribution in [0.3, 0.4) is 0 Å². The highest BCUT2D eigenvalue weighted by molar-refractivity contribution is 9.09. The quantitative estimate of drug-likeness (QED) is 0.543. The van der Waals surface area contributed by atoms with E-state index in [0.29, 0.717) is 0 Å². The van der Waals surface area contributed by atoms with Crippen molar-refractivity contribution in [2.24, 2.45) is 5.92 Å². The lowest BCUT2D eigenvalue weighted by molar-refractivity contribution is 0.127. The number of rotatable bonds is 1. The smallest absolute Gasteiger partial charge is 0.0770 e. The van der Waals surface area contributed by atoms with Crippen LogP contribution in [0, 0.1) is 5.92 Å². The molecule has 0 radical (unpaired) electrons. The van der Waals surface area contributed by atoms with Crippen molar-refractivity contribution >= 4 is 15.9 Å². The van der Waals surface area contributed by atoms with Crippen LogP contribution in [0.4, 0.5) is 0 Å². The molecule has 1 N–H and O–H groups in total. The summed E-state index contributed by atoms with van der Waals surface area (Å²) in [5, 5.41) is 9.83. The molecule has 0 aromatic carbocycles. The minimum Gasteiger partial charge on any atom is -0.391 e. The average molecular weight is 231 g/mol. The lowest BCUT2D eigenvalue weighted by Gasteiger charge is -2.31. The number of allylic oxidation sites excluding steroid dienone is 1. The second-order valence-corrected chi connectivity index (χ2v) is 4.52. The summed E-state index contributed by atoms with van der Waals surface area (Å²) < 4.78 is 0. The van der Waals surface area contributed by atoms with Gasteiger partial charge < -0.3 is 5.11 Å². The van der Waals surface area contributed by atoms with Gasteiger partial charge in [0.15, 0.2) is 0 Å². The first-order valence-corrected chi connectivity index (χ1v) is 5.09. The zero-order valence-corrected chi connectivity index (χ0v) is 9.13. The fourth-order valence-corrected chi connectivity index (χ4v) is 2.09. The van der Waals surface area contributed by atoms with E-state index < -0.39 is 0 Å². The Balaban J connectivity index is 2.80. The Hall–Kier alpha value is -0.0800. The van der Waals surface area contributed by atoms with E-state index >= 15 is 0 Å². The van der Waals surface area contributed by atoms with Crippen LogP contribution < -0.4 is 0 Å². The highest BCUT2D eigenvalue weighted by Crippen LogP contribution is 2.32. The van der Waals surface area contributed by atoms with Gasteiger partial charge in [0, 0.05) is 5.92 Å². The Morgan fingerprint density at radius 2 is 2.33 bits per heavy atom. The normalized spacial score (nSPS) is 36.0. The van der Waals surface area contributed by atoms with Gasteiger partial charge in [0.25, 0.3) is 0 Å². The molecule has 1 aliphatic carbocycles. The van der Waals surface area contributed by atoms with Gasteiger partial charge in [-0.25, -0.2) is 0 Å². The molecule has 0 spiro atoms. The van der Waals surface area contributed by atoms with Gasteiger partial charge in [-0.1, -0.05) is 39.7 Å². The van der Waals surface area contributed by atoms with Gasteiger partial charge in [-0.05, 0) is 20.3 Å². The predicted octanol–water partition coefficient (Wildman–Crippen LogP) is 2.65. The molecule has 0 heterocycles. The Labute approximate surface area is 82.3 Å². The van der Waals surface area contributed by atoms with Crippen molar-refractivity contribution in [3.05, 3.63) is 23.8 Å². The summed E-state index contributed by atoms with van der Waals surface area (Å²) in [5.74, 6) is 0.220. The Kier molecular flexibility index (Phi) is 3.13. The van der Waals surface area contributed by atoms with Crippen LogP contribution in [0.5, 0.6) is 0 Å². The van der Waals surface area contributed by atoms with Crippen LogP contribution >= 0.6 is 15.9 Å². The molecule has 1 aliphatic rings. The molecule has 0 fully saturated rings. The molecular formula is C10H15BrO. The predicted molar refractivity (Wildman–Crippen MR) is 55.4 cm³/mol. The lowest BCUT2D eigenvalue weighted by atomic mass is 9.83. The van der Waals surface area contributed by atoms with E-state index in [1.54, 1.807) is 0 Å². The molecule has 12 heavy (non-hydrogen) atoms. The Morgan fingerprint density at radius 1 is 1.75 bits per heavy atom. The third-order valence-electron chi connectivity index (χ3n) is 2.47. The summed E-state index contributed by atoms with van der Waals surface area (Å²) in [4.78, 5) is 0.105. The number of hydrogen-bond donors (Lipinski definition) is 1. The summed E-state index contributed by atoms with van der Waals surface area (Å²) in [6, 6.07) is 0. The first-order chi connectivity index (χ1) is 5.54. The second kappa shape index (κ2) is 3.75. The van der Waals surface area contributed by atoms with Gasteiger partial charge in [-0.15, -0.1) is 0 Å². The molecular weight excluding hydrogens is 216 g/mol. The molecule has 0 unspecified atom stereocenters. The number of aliphatic hydroxyl groups excluding tert-OH is 1. The summed E-state index contributed by atoms with van der Waals surface area (Å²) in [7, 11) is 0. The van der Waals surface area contributed by atoms with E-state index in [9.17, 15) is 5.11 Å². The summed E-state index contributed by atoms with van der Waals surface area (Å²) >= 11 is 3.47. The molecule has 0 bridgehead atoms. The first-order valence-electron chi connectivity index (χ1n) is 4.18. The standard InChI is InChI=1S/C10H15BrO/c1-6(2)8-5-4-7(3)9(11)10(8)12/h4,8-10,12H,1,5H2,2-3H3/t8-,9+,10+/m0/s1. The topological polar surface area (TPSA) is 20.2 Å². The van der Waals surface area contributed by atoms with Gasteiger partial charge in [-0.3, -0.25) is 0 Å². The largest absolute Gasteiger partial charge is 0.391 e. The molecule has 0 saturated carbocycles. The van der Waals surface area contributed by atoms with Gasteiger partial charge in [-0.2, -0.15) is 0 Å². The molecule has 0 aliphatic heterocycles. The van der Waals surface area contributed by atoms with E-state index in [2.05, 4.69) is 28.6 Å². The van der Waals surface area contributed by atoms with Crippen molar-refractivity contribution in [1.29, 1.82) is 0 Å². The molecule has 0 saturated heterocycles. The third kappa shape index (κ3) is 1.80. The summed E-state index contributed by atoms with van der Waals surface area (Å²) in [6.45, 7) is 7.89. The maximum atomic E-state index is 9.83. The Bertz CT molecular complexity index is 220. The van der Waals surface area contributed by atoms with Crippen molar-refractivity contribution in [2.45, 2.75) is 31.2 Å². The molecule has 0 aromatic rings. The van der Waals surface area contributed by atoms with Crippen LogP contribution in [-0.4, -0.2) is 16.0 Å². The number of halogens is 1. The number of hydrogen-bond acceptors (Lipinski definition) is 1. The molecule has 68 valence electrons. The van der Waals surface area contributed by atoms with E-state index in [0.717, 1.165) is 12.0 Å². The highest BCUT2D eigenvalue weighted by Gasteiger charge is 2.30. The first kappa shape index (κ1) is 10.0. The van der Waals surface area contributed by atoms with Gasteiger partial charge in [0.2, 0.25) is 0 Å². The summed E-state index contributed by atoms with van der Waals surface area (Å²) in [5.41, 5.74) is 2.29. The minimum atomic E-state index is -0.313. The van der Waals surface area contributed by atoms with Gasteiger partial charge >= 0.3 is 0 Å². The minimum absolute atomic E-state index is 0.105. The molecule has 1 rings (SSSR count). The van der Waals surface area contributed by atoms with Crippen molar-refractivity contribution in [2.75, 3.05) is 0 Å². The maximum absolute atomic E-state index is 9.83. The zero-order chi connectivity index (χ0) is 9.30. The molecule has 3 atom stereocenters. The fourth-order valence-electron chi connectivity index (χ4n) is 1.53. The van der Waals surface area contributed by atoms with E-state index in [1.807, 2.05) is 13.8 Å². The average Bonchev–Trinajstić information content (AvgIpc) is 2.00. The maximum Gasteiger partial charge on any atom is 0.0770 e. The van der Waals surface area contributed by atoms with Crippen LogP contribution in [0.15, 0.2) is 23.8 Å². The number of aliphatic hydroxyl groups is 1. The van der Waals surface area contributed by atoms with Crippen molar-refractivity contribution in [3.8, 4) is 0 Å². The van der Waals surface area contributed by atoms with E-state index in [4.69, 9.17) is 0 Å². The lowest BCUT2D eigenvalue weighted by Crippen LogP contribution is -2.33. The second-order valence-electron chi connectivity index (χ2n) is 3.53. The molecule has 1 nitrogen and oxygen atoms in total. The van der Waals surface area contributed by atoms with Crippen molar-refractivity contribution in [3.63, 3.8) is 0 Å². The van der Waals surface area contributed by atoms with E-state index in [1.165, 1.54) is 5.57 Å². The molecule has 2 heteroatoms. The van der Waals surface area contributed by atoms with Crippen molar-refractivity contribution < 1.29 is 5.11 Å². The third-order valence-corrected chi connectivity index (χ3v) is 3.74. The molecule has 0 aromatic heterocycles. The SMILES string of the molecule is C=C(C)[C@@H]1CC=C(C)[C@@H](Br)[C@@H]1O. The number of alkyl halides is 1. The van der Waals surface area contributed by atoms with E-state index in [-0.39, 0.29) is 16.8 Å². The monoisotopic (exact) mass is 230 g/mol. The van der Waals surface area contributed by atoms with Crippen LogP contribution in [0.2, 0.25) is 0 Å². The van der Waals surface area contributed by atoms with Crippen LogP contribution in [0.25, 0.3) is 0 Å².